The number of nitriles is 1. The highest BCUT2D eigenvalue weighted by atomic mass is 16.3. The van der Waals surface area contributed by atoms with E-state index in [1.165, 1.54) is 12.1 Å². The molecule has 0 aromatic heterocycles. The van der Waals surface area contributed by atoms with E-state index in [-0.39, 0.29) is 5.75 Å². The van der Waals surface area contributed by atoms with Gasteiger partial charge in [-0.25, -0.2) is 0 Å². The largest absolute Gasteiger partial charge is 0.508 e. The molecule has 0 fully saturated rings. The molecule has 0 aliphatic heterocycles. The normalized spacial score (nSPS) is 14.8. The van der Waals surface area contributed by atoms with Crippen LogP contribution >= 0.6 is 0 Å². The first-order valence-electron chi connectivity index (χ1n) is 3.56. The lowest BCUT2D eigenvalue weighted by atomic mass is 9.95. The number of phenols is 1. The minimum Gasteiger partial charge on any atom is -0.508 e. The standard InChI is InChI=1S/C9H10N2O/c1-9(11,6-10)7-2-4-8(12)5-3-7/h2-5,12H,11H2,1H3/t9-/m1/s1. The van der Waals surface area contributed by atoms with Crippen LogP contribution in [0.3, 0.4) is 0 Å². The highest BCUT2D eigenvalue weighted by Gasteiger charge is 2.19. The quantitative estimate of drug-likeness (QED) is 0.649. The van der Waals surface area contributed by atoms with Crippen LogP contribution in [-0.2, 0) is 5.54 Å². The average Bonchev–Trinajstić information content (AvgIpc) is 2.05. The van der Waals surface area contributed by atoms with E-state index < -0.39 is 5.54 Å². The van der Waals surface area contributed by atoms with E-state index >= 15 is 0 Å². The molecule has 0 aliphatic carbocycles. The van der Waals surface area contributed by atoms with Gasteiger partial charge in [0.05, 0.1) is 6.07 Å². The summed E-state index contributed by atoms with van der Waals surface area (Å²) in [6.07, 6.45) is 0. The number of nitrogens with two attached hydrogens (primary N) is 1. The van der Waals surface area contributed by atoms with E-state index in [1.807, 2.05) is 6.07 Å². The summed E-state index contributed by atoms with van der Waals surface area (Å²) in [7, 11) is 0. The second-order valence-corrected chi connectivity index (χ2v) is 2.86. The van der Waals surface area contributed by atoms with Gasteiger partial charge < -0.3 is 10.8 Å². The van der Waals surface area contributed by atoms with Gasteiger partial charge >= 0.3 is 0 Å². The van der Waals surface area contributed by atoms with Crippen molar-refractivity contribution in [2.75, 3.05) is 0 Å². The van der Waals surface area contributed by atoms with Crippen molar-refractivity contribution in [1.29, 1.82) is 5.26 Å². The van der Waals surface area contributed by atoms with Gasteiger partial charge in [0.25, 0.3) is 0 Å². The number of rotatable bonds is 1. The van der Waals surface area contributed by atoms with Crippen molar-refractivity contribution < 1.29 is 5.11 Å². The summed E-state index contributed by atoms with van der Waals surface area (Å²) in [6, 6.07) is 8.27. The van der Waals surface area contributed by atoms with Crippen LogP contribution < -0.4 is 5.73 Å². The zero-order valence-corrected chi connectivity index (χ0v) is 6.78. The van der Waals surface area contributed by atoms with E-state index in [0.717, 1.165) is 0 Å². The van der Waals surface area contributed by atoms with Gasteiger partial charge in [0, 0.05) is 0 Å². The van der Waals surface area contributed by atoms with Crippen LogP contribution in [0.4, 0.5) is 0 Å². The zero-order valence-electron chi connectivity index (χ0n) is 6.78. The van der Waals surface area contributed by atoms with Crippen LogP contribution in [0.1, 0.15) is 12.5 Å². The Hall–Kier alpha value is -1.53. The molecule has 0 amide bonds. The van der Waals surface area contributed by atoms with Crippen LogP contribution in [0.25, 0.3) is 0 Å². The number of hydrogen-bond donors (Lipinski definition) is 2. The highest BCUT2D eigenvalue weighted by Crippen LogP contribution is 2.19. The predicted molar refractivity (Wildman–Crippen MR) is 45.3 cm³/mol. The summed E-state index contributed by atoms with van der Waals surface area (Å²) >= 11 is 0. The summed E-state index contributed by atoms with van der Waals surface area (Å²) in [4.78, 5) is 0. The Morgan fingerprint density at radius 1 is 1.42 bits per heavy atom. The molecule has 3 heteroatoms. The Labute approximate surface area is 71.1 Å². The summed E-state index contributed by atoms with van der Waals surface area (Å²) in [5.74, 6) is 0.174. The second kappa shape index (κ2) is 2.84. The summed E-state index contributed by atoms with van der Waals surface area (Å²) < 4.78 is 0. The third kappa shape index (κ3) is 1.55. The second-order valence-electron chi connectivity index (χ2n) is 2.86. The summed E-state index contributed by atoms with van der Waals surface area (Å²) in [5.41, 5.74) is 5.36. The van der Waals surface area contributed by atoms with Crippen LogP contribution in [-0.4, -0.2) is 5.11 Å². The fourth-order valence-corrected chi connectivity index (χ4v) is 0.872. The maximum absolute atomic E-state index is 8.97. The third-order valence-electron chi connectivity index (χ3n) is 1.70. The smallest absolute Gasteiger partial charge is 0.126 e. The minimum atomic E-state index is -0.978. The molecule has 0 aliphatic rings. The topological polar surface area (TPSA) is 70.0 Å². The maximum Gasteiger partial charge on any atom is 0.126 e. The Kier molecular flexibility index (Phi) is 2.03. The molecule has 1 atom stereocenters. The third-order valence-corrected chi connectivity index (χ3v) is 1.70. The lowest BCUT2D eigenvalue weighted by molar-refractivity contribution is 0.474. The molecule has 1 rings (SSSR count). The molecule has 1 aromatic rings. The monoisotopic (exact) mass is 162 g/mol. The first-order valence-corrected chi connectivity index (χ1v) is 3.56. The first-order chi connectivity index (χ1) is 5.56. The fourth-order valence-electron chi connectivity index (χ4n) is 0.872. The van der Waals surface area contributed by atoms with E-state index in [9.17, 15) is 0 Å². The Morgan fingerprint density at radius 3 is 2.33 bits per heavy atom. The van der Waals surface area contributed by atoms with Crippen molar-refractivity contribution >= 4 is 0 Å². The van der Waals surface area contributed by atoms with Crippen molar-refractivity contribution in [3.63, 3.8) is 0 Å². The van der Waals surface area contributed by atoms with E-state index in [4.69, 9.17) is 16.1 Å². The van der Waals surface area contributed by atoms with Gasteiger partial charge in [-0.15, -0.1) is 0 Å². The van der Waals surface area contributed by atoms with Gasteiger partial charge in [-0.3, -0.25) is 0 Å². The van der Waals surface area contributed by atoms with Crippen molar-refractivity contribution in [3.05, 3.63) is 29.8 Å². The average molecular weight is 162 g/mol. The van der Waals surface area contributed by atoms with Crippen LogP contribution in [0.5, 0.6) is 5.75 Å². The van der Waals surface area contributed by atoms with Gasteiger partial charge in [-0.1, -0.05) is 12.1 Å². The van der Waals surface area contributed by atoms with Crippen LogP contribution in [0.2, 0.25) is 0 Å². The van der Waals surface area contributed by atoms with Crippen LogP contribution in [0, 0.1) is 11.3 Å². The predicted octanol–water partition coefficient (Wildman–Crippen LogP) is 1.09. The lowest BCUT2D eigenvalue weighted by Gasteiger charge is -2.15. The van der Waals surface area contributed by atoms with Gasteiger partial charge in [0.15, 0.2) is 0 Å². The zero-order chi connectivity index (χ0) is 9.19. The van der Waals surface area contributed by atoms with Crippen LogP contribution in [0.15, 0.2) is 24.3 Å². The van der Waals surface area contributed by atoms with E-state index in [2.05, 4.69) is 0 Å². The molecular formula is C9H10N2O. The molecule has 62 valence electrons. The van der Waals surface area contributed by atoms with Gasteiger partial charge in [-0.2, -0.15) is 5.26 Å². The molecule has 0 radical (unpaired) electrons. The maximum atomic E-state index is 8.97. The Bertz CT molecular complexity index is 308. The number of aromatic hydroxyl groups is 1. The van der Waals surface area contributed by atoms with Crippen molar-refractivity contribution in [3.8, 4) is 11.8 Å². The molecular weight excluding hydrogens is 152 g/mol. The number of nitrogens with zero attached hydrogens (tertiary/aromatic N) is 1. The van der Waals surface area contributed by atoms with Crippen molar-refractivity contribution in [2.24, 2.45) is 5.73 Å². The molecule has 0 heterocycles. The first kappa shape index (κ1) is 8.57. The molecule has 0 bridgehead atoms. The Morgan fingerprint density at radius 2 is 1.92 bits per heavy atom. The number of phenolic OH excluding ortho intramolecular Hbond substituents is 1. The highest BCUT2D eigenvalue weighted by molar-refractivity contribution is 5.33. The SMILES string of the molecule is C[C@@](N)(C#N)c1ccc(O)cc1. The molecule has 0 saturated heterocycles. The number of hydrogen-bond acceptors (Lipinski definition) is 3. The molecule has 12 heavy (non-hydrogen) atoms. The fraction of sp³-hybridized carbons (Fsp3) is 0.222. The molecule has 0 unspecified atom stereocenters. The van der Waals surface area contributed by atoms with Gasteiger partial charge in [0.1, 0.15) is 11.3 Å². The van der Waals surface area contributed by atoms with Crippen molar-refractivity contribution in [1.82, 2.24) is 0 Å². The number of benzene rings is 1. The molecule has 1 aromatic carbocycles. The molecule has 0 spiro atoms. The Balaban J connectivity index is 3.07. The minimum absolute atomic E-state index is 0.174. The summed E-state index contributed by atoms with van der Waals surface area (Å²) in [5, 5.41) is 17.7. The van der Waals surface area contributed by atoms with Gasteiger partial charge in [-0.05, 0) is 24.6 Å². The lowest BCUT2D eigenvalue weighted by Crippen LogP contribution is -2.30. The molecule has 0 saturated carbocycles. The van der Waals surface area contributed by atoms with Gasteiger partial charge in [0.2, 0.25) is 0 Å². The van der Waals surface area contributed by atoms with Crippen molar-refractivity contribution in [2.45, 2.75) is 12.5 Å². The summed E-state index contributed by atoms with van der Waals surface area (Å²) in [6.45, 7) is 1.62. The molecule has 3 N–H and O–H groups in total. The molecule has 3 nitrogen and oxygen atoms in total. The van der Waals surface area contributed by atoms with E-state index in [1.54, 1.807) is 19.1 Å². The van der Waals surface area contributed by atoms with E-state index in [0.29, 0.717) is 5.56 Å².